The molecule has 0 aliphatic carbocycles. The van der Waals surface area contributed by atoms with Gasteiger partial charge in [0.25, 0.3) is 0 Å². The van der Waals surface area contributed by atoms with Crippen LogP contribution in [0.15, 0.2) is 24.3 Å². The van der Waals surface area contributed by atoms with Crippen molar-refractivity contribution >= 4 is 41.7 Å². The van der Waals surface area contributed by atoms with Crippen molar-refractivity contribution in [3.05, 3.63) is 29.8 Å². The van der Waals surface area contributed by atoms with Crippen LogP contribution in [0.5, 0.6) is 0 Å². The van der Waals surface area contributed by atoms with Crippen molar-refractivity contribution in [3.8, 4) is 0 Å². The molecular weight excluding hydrogens is 346 g/mol. The number of hydrogen-bond donors (Lipinski definition) is 3. The summed E-state index contributed by atoms with van der Waals surface area (Å²) in [5.74, 6) is 1.06. The third-order valence-corrected chi connectivity index (χ3v) is 4.72. The minimum Gasteiger partial charge on any atom is -0.355 e. The number of rotatable bonds is 7. The standard InChI is InChI=1S/C17H25N3O2S.ClH/c1-13-4-6-15(7-5-13)20-17(22)12-23-11-16(21)19-10-14-3-2-8-18-9-14;/h4-7,14,18H,2-3,8-12H2,1H3,(H,19,21)(H,20,22);1H. The number of carbonyl (C=O) groups excluding carboxylic acids is 2. The maximum absolute atomic E-state index is 11.8. The van der Waals surface area contributed by atoms with E-state index in [9.17, 15) is 9.59 Å². The Labute approximate surface area is 154 Å². The monoisotopic (exact) mass is 371 g/mol. The van der Waals surface area contributed by atoms with Crippen LogP contribution < -0.4 is 16.0 Å². The van der Waals surface area contributed by atoms with E-state index >= 15 is 0 Å². The third kappa shape index (κ3) is 8.04. The highest BCUT2D eigenvalue weighted by Crippen LogP contribution is 2.10. The minimum absolute atomic E-state index is 0. The molecule has 1 aliphatic heterocycles. The molecule has 134 valence electrons. The Morgan fingerprint density at radius 2 is 1.92 bits per heavy atom. The van der Waals surface area contributed by atoms with Crippen LogP contribution in [0.25, 0.3) is 0 Å². The van der Waals surface area contributed by atoms with Gasteiger partial charge in [-0.25, -0.2) is 0 Å². The maximum atomic E-state index is 11.8. The Morgan fingerprint density at radius 3 is 2.58 bits per heavy atom. The summed E-state index contributed by atoms with van der Waals surface area (Å²) >= 11 is 1.34. The van der Waals surface area contributed by atoms with E-state index in [0.29, 0.717) is 11.7 Å². The van der Waals surface area contributed by atoms with E-state index in [2.05, 4.69) is 16.0 Å². The summed E-state index contributed by atoms with van der Waals surface area (Å²) in [6.45, 7) is 4.79. The average Bonchev–Trinajstić information content (AvgIpc) is 2.56. The molecule has 3 N–H and O–H groups in total. The molecule has 1 atom stereocenters. The lowest BCUT2D eigenvalue weighted by Crippen LogP contribution is -2.38. The first-order chi connectivity index (χ1) is 11.1. The lowest BCUT2D eigenvalue weighted by atomic mass is 10.00. The van der Waals surface area contributed by atoms with E-state index in [1.807, 2.05) is 31.2 Å². The summed E-state index contributed by atoms with van der Waals surface area (Å²) in [6.07, 6.45) is 2.34. The quantitative estimate of drug-likeness (QED) is 0.687. The van der Waals surface area contributed by atoms with E-state index in [1.54, 1.807) is 0 Å². The molecule has 0 radical (unpaired) electrons. The van der Waals surface area contributed by atoms with Crippen molar-refractivity contribution in [2.75, 3.05) is 36.5 Å². The molecule has 7 heteroatoms. The Morgan fingerprint density at radius 1 is 1.21 bits per heavy atom. The molecule has 2 amide bonds. The predicted molar refractivity (Wildman–Crippen MR) is 103 cm³/mol. The van der Waals surface area contributed by atoms with E-state index in [0.717, 1.165) is 30.9 Å². The fraction of sp³-hybridized carbons (Fsp3) is 0.529. The van der Waals surface area contributed by atoms with Gasteiger partial charge in [-0.2, -0.15) is 0 Å². The first-order valence-corrected chi connectivity index (χ1v) is 9.20. The number of benzene rings is 1. The highest BCUT2D eigenvalue weighted by molar-refractivity contribution is 8.00. The summed E-state index contributed by atoms with van der Waals surface area (Å²) in [7, 11) is 0. The van der Waals surface area contributed by atoms with Gasteiger partial charge in [0.1, 0.15) is 0 Å². The number of amides is 2. The van der Waals surface area contributed by atoms with Crippen molar-refractivity contribution in [1.82, 2.24) is 10.6 Å². The van der Waals surface area contributed by atoms with Crippen molar-refractivity contribution in [2.45, 2.75) is 19.8 Å². The summed E-state index contributed by atoms with van der Waals surface area (Å²) in [5.41, 5.74) is 1.94. The largest absolute Gasteiger partial charge is 0.355 e. The fourth-order valence-corrected chi connectivity index (χ4v) is 3.12. The third-order valence-electron chi connectivity index (χ3n) is 3.79. The first kappa shape index (κ1) is 20.8. The van der Waals surface area contributed by atoms with E-state index < -0.39 is 0 Å². The summed E-state index contributed by atoms with van der Waals surface area (Å²) < 4.78 is 0. The second-order valence-electron chi connectivity index (χ2n) is 5.92. The van der Waals surface area contributed by atoms with Crippen LogP contribution in [0.2, 0.25) is 0 Å². The Hall–Kier alpha value is -1.24. The van der Waals surface area contributed by atoms with Gasteiger partial charge in [-0.1, -0.05) is 17.7 Å². The van der Waals surface area contributed by atoms with Gasteiger partial charge >= 0.3 is 0 Å². The second-order valence-corrected chi connectivity index (χ2v) is 6.91. The Bertz CT molecular complexity index is 519. The topological polar surface area (TPSA) is 70.2 Å². The van der Waals surface area contributed by atoms with Gasteiger partial charge in [-0.15, -0.1) is 24.2 Å². The van der Waals surface area contributed by atoms with Crippen LogP contribution in [0.4, 0.5) is 5.69 Å². The summed E-state index contributed by atoms with van der Waals surface area (Å²) in [6, 6.07) is 7.66. The average molecular weight is 372 g/mol. The minimum atomic E-state index is -0.0804. The molecule has 1 unspecified atom stereocenters. The zero-order valence-corrected chi connectivity index (χ0v) is 15.6. The lowest BCUT2D eigenvalue weighted by molar-refractivity contribution is -0.118. The summed E-state index contributed by atoms with van der Waals surface area (Å²) in [5, 5.41) is 9.11. The van der Waals surface area contributed by atoms with E-state index in [-0.39, 0.29) is 30.0 Å². The van der Waals surface area contributed by atoms with Gasteiger partial charge in [0.15, 0.2) is 0 Å². The lowest BCUT2D eigenvalue weighted by Gasteiger charge is -2.22. The molecule has 1 aromatic carbocycles. The van der Waals surface area contributed by atoms with Crippen LogP contribution in [-0.2, 0) is 9.59 Å². The molecule has 0 spiro atoms. The molecule has 24 heavy (non-hydrogen) atoms. The van der Waals surface area contributed by atoms with Crippen molar-refractivity contribution < 1.29 is 9.59 Å². The predicted octanol–water partition coefficient (Wildman–Crippen LogP) is 2.20. The highest BCUT2D eigenvalue weighted by Gasteiger charge is 2.14. The number of thioether (sulfide) groups is 1. The van der Waals surface area contributed by atoms with Crippen LogP contribution in [-0.4, -0.2) is 43.0 Å². The van der Waals surface area contributed by atoms with Crippen LogP contribution >= 0.6 is 24.2 Å². The number of nitrogens with one attached hydrogen (secondary N) is 3. The molecule has 2 rings (SSSR count). The highest BCUT2D eigenvalue weighted by atomic mass is 35.5. The Balaban J connectivity index is 0.00000288. The first-order valence-electron chi connectivity index (χ1n) is 8.05. The smallest absolute Gasteiger partial charge is 0.234 e. The molecule has 1 aliphatic rings. The number of anilines is 1. The molecule has 0 bridgehead atoms. The zero-order chi connectivity index (χ0) is 16.5. The van der Waals surface area contributed by atoms with Gasteiger partial charge in [0.2, 0.25) is 11.8 Å². The zero-order valence-electron chi connectivity index (χ0n) is 14.0. The van der Waals surface area contributed by atoms with Crippen LogP contribution in [0.1, 0.15) is 18.4 Å². The molecule has 1 fully saturated rings. The number of carbonyl (C=O) groups is 2. The van der Waals surface area contributed by atoms with Gasteiger partial charge in [0.05, 0.1) is 11.5 Å². The van der Waals surface area contributed by atoms with Crippen LogP contribution in [0, 0.1) is 12.8 Å². The fourth-order valence-electron chi connectivity index (χ4n) is 2.48. The van der Waals surface area contributed by atoms with Gasteiger partial charge in [0, 0.05) is 12.2 Å². The SMILES string of the molecule is Cc1ccc(NC(=O)CSCC(=O)NCC2CCCNC2)cc1.Cl. The number of aryl methyl sites for hydroxylation is 1. The number of halogens is 1. The summed E-state index contributed by atoms with van der Waals surface area (Å²) in [4.78, 5) is 23.6. The second kappa shape index (κ2) is 11.3. The van der Waals surface area contributed by atoms with Crippen molar-refractivity contribution in [2.24, 2.45) is 5.92 Å². The molecule has 1 aromatic rings. The molecule has 5 nitrogen and oxygen atoms in total. The van der Waals surface area contributed by atoms with E-state index in [4.69, 9.17) is 0 Å². The molecular formula is C17H26ClN3O2S. The number of hydrogen-bond acceptors (Lipinski definition) is 4. The molecule has 1 heterocycles. The maximum Gasteiger partial charge on any atom is 0.234 e. The van der Waals surface area contributed by atoms with Crippen molar-refractivity contribution in [1.29, 1.82) is 0 Å². The number of piperidine rings is 1. The van der Waals surface area contributed by atoms with Crippen molar-refractivity contribution in [3.63, 3.8) is 0 Å². The Kier molecular flexibility index (Phi) is 9.83. The van der Waals surface area contributed by atoms with Gasteiger partial charge in [-0.3, -0.25) is 9.59 Å². The molecule has 0 aromatic heterocycles. The van der Waals surface area contributed by atoms with Crippen LogP contribution in [0.3, 0.4) is 0 Å². The molecule has 0 saturated carbocycles. The normalized spacial score (nSPS) is 16.8. The van der Waals surface area contributed by atoms with Gasteiger partial charge in [-0.05, 0) is 50.9 Å². The molecule has 1 saturated heterocycles. The van der Waals surface area contributed by atoms with Gasteiger partial charge < -0.3 is 16.0 Å². The van der Waals surface area contributed by atoms with E-state index in [1.165, 1.54) is 24.6 Å².